The van der Waals surface area contributed by atoms with Crippen molar-refractivity contribution in [2.45, 2.75) is 36.0 Å². The van der Waals surface area contributed by atoms with Gasteiger partial charge in [0.1, 0.15) is 4.21 Å². The minimum Gasteiger partial charge on any atom is -0.481 e. The van der Waals surface area contributed by atoms with Crippen molar-refractivity contribution in [1.82, 2.24) is 4.31 Å². The van der Waals surface area contributed by atoms with Gasteiger partial charge in [0, 0.05) is 13.1 Å². The fourth-order valence-electron chi connectivity index (χ4n) is 3.23. The third-order valence-electron chi connectivity index (χ3n) is 4.58. The van der Waals surface area contributed by atoms with Crippen LogP contribution >= 0.6 is 11.3 Å². The Balaban J connectivity index is 1.70. The van der Waals surface area contributed by atoms with E-state index in [1.165, 1.54) is 15.6 Å². The Morgan fingerprint density at radius 2 is 2.14 bits per heavy atom. The highest BCUT2D eigenvalue weighted by Crippen LogP contribution is 2.40. The van der Waals surface area contributed by atoms with Gasteiger partial charge in [-0.15, -0.1) is 11.3 Å². The molecule has 2 aliphatic heterocycles. The van der Waals surface area contributed by atoms with Crippen LogP contribution in [0.15, 0.2) is 15.7 Å². The minimum atomic E-state index is -3.45. The SMILES string of the molecule is Cc1ccsc1S(=O)(=O)N1CCC2(CC1)CC(C(=O)O)CO2. The summed E-state index contributed by atoms with van der Waals surface area (Å²) in [5.41, 5.74) is 0.313. The lowest BCUT2D eigenvalue weighted by molar-refractivity contribution is -0.141. The summed E-state index contributed by atoms with van der Waals surface area (Å²) in [5.74, 6) is -1.30. The number of nitrogens with zero attached hydrogens (tertiary/aromatic N) is 1. The van der Waals surface area contributed by atoms with Gasteiger partial charge < -0.3 is 9.84 Å². The Hall–Kier alpha value is -0.960. The molecule has 1 spiro atoms. The quantitative estimate of drug-likeness (QED) is 0.901. The fourth-order valence-corrected chi connectivity index (χ4v) is 6.22. The summed E-state index contributed by atoms with van der Waals surface area (Å²) < 4.78 is 32.9. The van der Waals surface area contributed by atoms with E-state index in [4.69, 9.17) is 9.84 Å². The molecule has 0 saturated carbocycles. The van der Waals surface area contributed by atoms with Crippen LogP contribution in [0.1, 0.15) is 24.8 Å². The second-order valence-corrected chi connectivity index (χ2v) is 9.08. The molecule has 0 radical (unpaired) electrons. The van der Waals surface area contributed by atoms with Crippen molar-refractivity contribution in [3.8, 4) is 0 Å². The van der Waals surface area contributed by atoms with E-state index in [0.717, 1.165) is 5.56 Å². The third kappa shape index (κ3) is 2.68. The zero-order chi connectivity index (χ0) is 16.0. The molecule has 1 atom stereocenters. The Kier molecular flexibility index (Phi) is 4.05. The van der Waals surface area contributed by atoms with Gasteiger partial charge >= 0.3 is 5.97 Å². The molecule has 1 aromatic rings. The van der Waals surface area contributed by atoms with Crippen molar-refractivity contribution in [1.29, 1.82) is 0 Å². The van der Waals surface area contributed by atoms with Crippen molar-refractivity contribution in [2.24, 2.45) is 5.92 Å². The predicted octanol–water partition coefficient (Wildman–Crippen LogP) is 1.70. The summed E-state index contributed by atoms with van der Waals surface area (Å²) in [5, 5.41) is 10.9. The van der Waals surface area contributed by atoms with Gasteiger partial charge in [-0.05, 0) is 43.2 Å². The topological polar surface area (TPSA) is 83.9 Å². The zero-order valence-corrected chi connectivity index (χ0v) is 14.0. The third-order valence-corrected chi connectivity index (χ3v) is 8.15. The zero-order valence-electron chi connectivity index (χ0n) is 12.3. The molecule has 0 amide bonds. The Morgan fingerprint density at radius 1 is 1.45 bits per heavy atom. The van der Waals surface area contributed by atoms with Crippen LogP contribution in [-0.2, 0) is 19.6 Å². The molecular formula is C14H19NO5S2. The highest BCUT2D eigenvalue weighted by Gasteiger charge is 2.46. The van der Waals surface area contributed by atoms with E-state index in [9.17, 15) is 13.2 Å². The number of hydrogen-bond acceptors (Lipinski definition) is 5. The molecule has 2 aliphatic rings. The standard InChI is InChI=1S/C14H19NO5S2/c1-10-2-7-21-13(10)22(18,19)15-5-3-14(4-6-15)8-11(9-20-14)12(16)17/h2,7,11H,3-6,8-9H2,1H3,(H,16,17). The maximum absolute atomic E-state index is 12.6. The number of ether oxygens (including phenoxy) is 1. The number of rotatable bonds is 3. The van der Waals surface area contributed by atoms with E-state index >= 15 is 0 Å². The smallest absolute Gasteiger partial charge is 0.308 e. The van der Waals surface area contributed by atoms with E-state index in [0.29, 0.717) is 36.6 Å². The van der Waals surface area contributed by atoms with Gasteiger partial charge in [-0.2, -0.15) is 4.31 Å². The van der Waals surface area contributed by atoms with Crippen molar-refractivity contribution >= 4 is 27.3 Å². The summed E-state index contributed by atoms with van der Waals surface area (Å²) in [4.78, 5) is 11.1. The lowest BCUT2D eigenvalue weighted by atomic mass is 9.86. The van der Waals surface area contributed by atoms with Gasteiger partial charge in [-0.1, -0.05) is 0 Å². The summed E-state index contributed by atoms with van der Waals surface area (Å²) in [7, 11) is -3.45. The highest BCUT2D eigenvalue weighted by molar-refractivity contribution is 7.91. The highest BCUT2D eigenvalue weighted by atomic mass is 32.2. The normalized spacial score (nSPS) is 25.6. The Labute approximate surface area is 133 Å². The average Bonchev–Trinajstić information content (AvgIpc) is 3.07. The molecule has 122 valence electrons. The number of aryl methyl sites for hydroxylation is 1. The van der Waals surface area contributed by atoms with Crippen molar-refractivity contribution in [2.75, 3.05) is 19.7 Å². The number of piperidine rings is 1. The summed E-state index contributed by atoms with van der Waals surface area (Å²) in [6.45, 7) is 2.79. The minimum absolute atomic E-state index is 0.228. The second kappa shape index (κ2) is 5.59. The van der Waals surface area contributed by atoms with Crippen molar-refractivity contribution < 1.29 is 23.1 Å². The predicted molar refractivity (Wildman–Crippen MR) is 81.5 cm³/mol. The molecule has 1 N–H and O–H groups in total. The van der Waals surface area contributed by atoms with E-state index in [1.54, 1.807) is 18.4 Å². The van der Waals surface area contributed by atoms with Crippen LogP contribution < -0.4 is 0 Å². The largest absolute Gasteiger partial charge is 0.481 e. The van der Waals surface area contributed by atoms with Gasteiger partial charge in [0.2, 0.25) is 0 Å². The number of carboxylic acids is 1. The monoisotopic (exact) mass is 345 g/mol. The molecule has 6 nitrogen and oxygen atoms in total. The first-order valence-electron chi connectivity index (χ1n) is 7.25. The van der Waals surface area contributed by atoms with Crippen LogP contribution in [0.5, 0.6) is 0 Å². The van der Waals surface area contributed by atoms with Crippen molar-refractivity contribution in [3.05, 3.63) is 17.0 Å². The maximum Gasteiger partial charge on any atom is 0.308 e. The maximum atomic E-state index is 12.6. The molecule has 22 heavy (non-hydrogen) atoms. The molecule has 1 unspecified atom stereocenters. The van der Waals surface area contributed by atoms with Crippen LogP contribution in [0.2, 0.25) is 0 Å². The van der Waals surface area contributed by atoms with Crippen LogP contribution in [0, 0.1) is 12.8 Å². The summed E-state index contributed by atoms with van der Waals surface area (Å²) >= 11 is 1.24. The van der Waals surface area contributed by atoms with Gasteiger partial charge in [0.15, 0.2) is 0 Å². The van der Waals surface area contributed by atoms with E-state index in [1.807, 2.05) is 0 Å². The van der Waals surface area contributed by atoms with Gasteiger partial charge in [-0.3, -0.25) is 4.79 Å². The number of carboxylic acid groups (broad SMARTS) is 1. The van der Waals surface area contributed by atoms with E-state index < -0.39 is 27.5 Å². The molecule has 2 fully saturated rings. The van der Waals surface area contributed by atoms with E-state index in [2.05, 4.69) is 0 Å². The fraction of sp³-hybridized carbons (Fsp3) is 0.643. The molecule has 2 saturated heterocycles. The number of thiophene rings is 1. The Morgan fingerprint density at radius 3 is 2.64 bits per heavy atom. The molecule has 8 heteroatoms. The lowest BCUT2D eigenvalue weighted by Gasteiger charge is -2.37. The van der Waals surface area contributed by atoms with Gasteiger partial charge in [-0.25, -0.2) is 8.42 Å². The Bertz CT molecular complexity index is 673. The number of aliphatic carboxylic acids is 1. The molecule has 3 heterocycles. The average molecular weight is 345 g/mol. The first-order chi connectivity index (χ1) is 10.3. The van der Waals surface area contributed by atoms with Crippen LogP contribution in [0.3, 0.4) is 0 Å². The number of carbonyl (C=O) groups is 1. The van der Waals surface area contributed by atoms with Crippen LogP contribution in [0.4, 0.5) is 0 Å². The number of hydrogen-bond donors (Lipinski definition) is 1. The molecular weight excluding hydrogens is 326 g/mol. The van der Waals surface area contributed by atoms with Gasteiger partial charge in [0.25, 0.3) is 10.0 Å². The molecule has 0 aromatic carbocycles. The number of sulfonamides is 1. The molecule has 0 bridgehead atoms. The molecule has 0 aliphatic carbocycles. The van der Waals surface area contributed by atoms with Crippen LogP contribution in [0.25, 0.3) is 0 Å². The summed E-state index contributed by atoms with van der Waals surface area (Å²) in [6.07, 6.45) is 1.59. The van der Waals surface area contributed by atoms with Crippen LogP contribution in [-0.4, -0.2) is 49.1 Å². The second-order valence-electron chi connectivity index (χ2n) is 6.03. The first kappa shape index (κ1) is 15.9. The van der Waals surface area contributed by atoms with Gasteiger partial charge in [0.05, 0.1) is 18.1 Å². The lowest BCUT2D eigenvalue weighted by Crippen LogP contribution is -2.46. The van der Waals surface area contributed by atoms with E-state index in [-0.39, 0.29) is 6.61 Å². The van der Waals surface area contributed by atoms with Crippen molar-refractivity contribution in [3.63, 3.8) is 0 Å². The first-order valence-corrected chi connectivity index (χ1v) is 9.57. The molecule has 1 aromatic heterocycles. The molecule has 3 rings (SSSR count). The summed E-state index contributed by atoms with van der Waals surface area (Å²) in [6, 6.07) is 1.81.